The van der Waals surface area contributed by atoms with E-state index in [2.05, 4.69) is 26.8 Å². The number of hydrogen-bond acceptors (Lipinski definition) is 1. The molecule has 4 atom stereocenters. The fraction of sp³-hybridized carbons (Fsp3) is 0.857. The third-order valence-corrected chi connectivity index (χ3v) is 4.68. The van der Waals surface area contributed by atoms with Crippen molar-refractivity contribution in [3.63, 3.8) is 0 Å². The van der Waals surface area contributed by atoms with Crippen LogP contribution in [0.15, 0.2) is 11.6 Å². The lowest BCUT2D eigenvalue weighted by molar-refractivity contribution is 0.156. The van der Waals surface area contributed by atoms with Crippen LogP contribution >= 0.6 is 0 Å². The largest absolute Gasteiger partial charge is 0.393 e. The monoisotopic (exact) mass is 208 g/mol. The third-order valence-electron chi connectivity index (χ3n) is 4.68. The van der Waals surface area contributed by atoms with E-state index >= 15 is 0 Å². The van der Waals surface area contributed by atoms with Gasteiger partial charge in [-0.05, 0) is 63.2 Å². The summed E-state index contributed by atoms with van der Waals surface area (Å²) in [6.07, 6.45) is 8.51. The summed E-state index contributed by atoms with van der Waals surface area (Å²) in [6.45, 7) is 6.72. The molecule has 0 aliphatic heterocycles. The van der Waals surface area contributed by atoms with E-state index in [-0.39, 0.29) is 6.10 Å². The van der Waals surface area contributed by atoms with Crippen molar-refractivity contribution in [1.29, 1.82) is 0 Å². The molecule has 0 heterocycles. The predicted octanol–water partition coefficient (Wildman–Crippen LogP) is 3.53. The standard InChI is InChI=1S/C14H24O/c1-10(2)5-4-6-11(3)14-8-7-13(15)12(14)9-14/h5,11-13,15H,4,6-9H2,1-3H3/t11-,12+,13-,14+/m1/s1. The van der Waals surface area contributed by atoms with E-state index in [0.29, 0.717) is 11.3 Å². The quantitative estimate of drug-likeness (QED) is 0.701. The number of hydrogen-bond donors (Lipinski definition) is 1. The molecular weight excluding hydrogens is 184 g/mol. The molecule has 2 fully saturated rings. The van der Waals surface area contributed by atoms with Crippen LogP contribution in [0, 0.1) is 17.3 Å². The van der Waals surface area contributed by atoms with Crippen molar-refractivity contribution < 1.29 is 5.11 Å². The highest BCUT2D eigenvalue weighted by molar-refractivity contribution is 5.12. The molecule has 0 unspecified atom stereocenters. The molecule has 86 valence electrons. The Hall–Kier alpha value is -0.300. The van der Waals surface area contributed by atoms with Crippen LogP contribution in [0.5, 0.6) is 0 Å². The highest BCUT2D eigenvalue weighted by Gasteiger charge is 2.63. The lowest BCUT2D eigenvalue weighted by Crippen LogP contribution is -2.12. The van der Waals surface area contributed by atoms with Crippen LogP contribution in [0.3, 0.4) is 0 Å². The molecule has 2 aliphatic carbocycles. The zero-order chi connectivity index (χ0) is 11.1. The van der Waals surface area contributed by atoms with Crippen molar-refractivity contribution >= 4 is 0 Å². The number of fused-ring (bicyclic) bond motifs is 1. The van der Waals surface area contributed by atoms with Gasteiger partial charge in [0.25, 0.3) is 0 Å². The fourth-order valence-corrected chi connectivity index (χ4v) is 3.50. The van der Waals surface area contributed by atoms with Gasteiger partial charge in [-0.2, -0.15) is 0 Å². The van der Waals surface area contributed by atoms with Crippen LogP contribution < -0.4 is 0 Å². The van der Waals surface area contributed by atoms with Gasteiger partial charge in [-0.3, -0.25) is 0 Å². The normalized spacial score (nSPS) is 39.7. The molecule has 0 bridgehead atoms. The smallest absolute Gasteiger partial charge is 0.0574 e. The lowest BCUT2D eigenvalue weighted by atomic mass is 9.85. The van der Waals surface area contributed by atoms with Crippen LogP contribution in [-0.2, 0) is 0 Å². The number of allylic oxidation sites excluding steroid dienone is 2. The zero-order valence-electron chi connectivity index (χ0n) is 10.3. The van der Waals surface area contributed by atoms with Crippen molar-refractivity contribution in [2.45, 2.75) is 59.0 Å². The van der Waals surface area contributed by atoms with Gasteiger partial charge in [-0.1, -0.05) is 18.6 Å². The van der Waals surface area contributed by atoms with E-state index in [1.807, 2.05) is 0 Å². The van der Waals surface area contributed by atoms with E-state index in [9.17, 15) is 5.11 Å². The fourth-order valence-electron chi connectivity index (χ4n) is 3.50. The van der Waals surface area contributed by atoms with E-state index in [1.165, 1.54) is 31.3 Å². The van der Waals surface area contributed by atoms with Crippen molar-refractivity contribution in [2.24, 2.45) is 17.3 Å². The van der Waals surface area contributed by atoms with E-state index < -0.39 is 0 Å². The summed E-state index contributed by atoms with van der Waals surface area (Å²) in [4.78, 5) is 0. The number of rotatable bonds is 4. The second kappa shape index (κ2) is 3.93. The first-order chi connectivity index (χ1) is 7.06. The van der Waals surface area contributed by atoms with Crippen molar-refractivity contribution in [3.8, 4) is 0 Å². The van der Waals surface area contributed by atoms with Gasteiger partial charge >= 0.3 is 0 Å². The molecule has 0 saturated heterocycles. The van der Waals surface area contributed by atoms with Crippen LogP contribution in [0.1, 0.15) is 52.9 Å². The summed E-state index contributed by atoms with van der Waals surface area (Å²) in [5.41, 5.74) is 1.98. The summed E-state index contributed by atoms with van der Waals surface area (Å²) in [7, 11) is 0. The Balaban J connectivity index is 1.83. The summed E-state index contributed by atoms with van der Waals surface area (Å²) >= 11 is 0. The number of aliphatic hydroxyl groups is 1. The minimum Gasteiger partial charge on any atom is -0.393 e. The van der Waals surface area contributed by atoms with Gasteiger partial charge in [0.15, 0.2) is 0 Å². The minimum absolute atomic E-state index is 0.0240. The molecule has 1 heteroatoms. The summed E-state index contributed by atoms with van der Waals surface area (Å²) < 4.78 is 0. The van der Waals surface area contributed by atoms with Gasteiger partial charge in [-0.25, -0.2) is 0 Å². The zero-order valence-corrected chi connectivity index (χ0v) is 10.3. The molecule has 0 aromatic rings. The van der Waals surface area contributed by atoms with Gasteiger partial charge in [0.05, 0.1) is 6.10 Å². The summed E-state index contributed by atoms with van der Waals surface area (Å²) in [5, 5.41) is 9.76. The van der Waals surface area contributed by atoms with Gasteiger partial charge in [0.2, 0.25) is 0 Å². The predicted molar refractivity (Wildman–Crippen MR) is 63.6 cm³/mol. The molecule has 15 heavy (non-hydrogen) atoms. The topological polar surface area (TPSA) is 20.2 Å². The van der Waals surface area contributed by atoms with Gasteiger partial charge in [0, 0.05) is 0 Å². The average Bonchev–Trinajstić information content (AvgIpc) is 2.82. The summed E-state index contributed by atoms with van der Waals surface area (Å²) in [6, 6.07) is 0. The Morgan fingerprint density at radius 2 is 2.27 bits per heavy atom. The molecule has 2 aliphatic rings. The molecular formula is C14H24O. The van der Waals surface area contributed by atoms with Gasteiger partial charge < -0.3 is 5.11 Å². The van der Waals surface area contributed by atoms with E-state index in [1.54, 1.807) is 0 Å². The van der Waals surface area contributed by atoms with Crippen molar-refractivity contribution in [1.82, 2.24) is 0 Å². The maximum Gasteiger partial charge on any atom is 0.0574 e. The molecule has 0 aromatic carbocycles. The minimum atomic E-state index is 0.0240. The first-order valence-corrected chi connectivity index (χ1v) is 6.38. The third kappa shape index (κ3) is 1.99. The second-order valence-corrected chi connectivity index (χ2v) is 5.91. The van der Waals surface area contributed by atoms with Gasteiger partial charge in [0.1, 0.15) is 0 Å². The molecule has 0 spiro atoms. The second-order valence-electron chi connectivity index (χ2n) is 5.91. The maximum absolute atomic E-state index is 9.76. The molecule has 2 rings (SSSR count). The molecule has 1 N–H and O–H groups in total. The SMILES string of the molecule is CC(C)=CCC[C@@H](C)[C@@]12CC[C@@H](O)[C@@H]1C2. The van der Waals surface area contributed by atoms with Crippen LogP contribution in [0.4, 0.5) is 0 Å². The van der Waals surface area contributed by atoms with Crippen molar-refractivity contribution in [2.75, 3.05) is 0 Å². The average molecular weight is 208 g/mol. The Morgan fingerprint density at radius 1 is 1.53 bits per heavy atom. The van der Waals surface area contributed by atoms with Crippen LogP contribution in [0.2, 0.25) is 0 Å². The molecule has 2 saturated carbocycles. The van der Waals surface area contributed by atoms with Crippen LogP contribution in [0.25, 0.3) is 0 Å². The maximum atomic E-state index is 9.76. The first-order valence-electron chi connectivity index (χ1n) is 6.38. The van der Waals surface area contributed by atoms with E-state index in [0.717, 1.165) is 12.3 Å². The Bertz CT molecular complexity index is 265. The lowest BCUT2D eigenvalue weighted by Gasteiger charge is -2.20. The Kier molecular flexibility index (Phi) is 2.94. The van der Waals surface area contributed by atoms with Crippen LogP contribution in [-0.4, -0.2) is 11.2 Å². The van der Waals surface area contributed by atoms with Gasteiger partial charge in [-0.15, -0.1) is 0 Å². The highest BCUT2D eigenvalue weighted by atomic mass is 16.3. The van der Waals surface area contributed by atoms with Crippen molar-refractivity contribution in [3.05, 3.63) is 11.6 Å². The Labute approximate surface area is 93.6 Å². The number of aliphatic hydroxyl groups excluding tert-OH is 1. The molecule has 0 radical (unpaired) electrons. The summed E-state index contributed by atoms with van der Waals surface area (Å²) in [5.74, 6) is 1.45. The molecule has 1 nitrogen and oxygen atoms in total. The highest BCUT2D eigenvalue weighted by Crippen LogP contribution is 2.68. The molecule has 0 amide bonds. The Morgan fingerprint density at radius 3 is 2.73 bits per heavy atom. The van der Waals surface area contributed by atoms with E-state index in [4.69, 9.17) is 0 Å². The first kappa shape index (κ1) is 11.2. The molecule has 0 aromatic heterocycles.